The first-order chi connectivity index (χ1) is 10.2. The quantitative estimate of drug-likeness (QED) is 0.707. The van der Waals surface area contributed by atoms with Crippen LogP contribution in [-0.4, -0.2) is 21.0 Å². The second kappa shape index (κ2) is 5.83. The molecule has 6 heteroatoms. The zero-order valence-electron chi connectivity index (χ0n) is 10.7. The maximum absolute atomic E-state index is 11.4. The number of fused-ring (bicyclic) bond motifs is 1. The topological polar surface area (TPSA) is 63.1 Å². The molecule has 2 aromatic carbocycles. The summed E-state index contributed by atoms with van der Waals surface area (Å²) in [4.78, 5) is 20.5. The van der Waals surface area contributed by atoms with Gasteiger partial charge in [-0.15, -0.1) is 0 Å². The van der Waals surface area contributed by atoms with Crippen LogP contribution in [0.3, 0.4) is 0 Å². The fourth-order valence-corrected chi connectivity index (χ4v) is 3.67. The summed E-state index contributed by atoms with van der Waals surface area (Å²) >= 11 is 4.61. The molecule has 0 atom stereocenters. The highest BCUT2D eigenvalue weighted by Crippen LogP contribution is 2.35. The van der Waals surface area contributed by atoms with Crippen LogP contribution in [0.25, 0.3) is 10.9 Å². The van der Waals surface area contributed by atoms with E-state index in [1.807, 2.05) is 30.3 Å². The lowest BCUT2D eigenvalue weighted by Gasteiger charge is -2.08. The molecule has 0 aliphatic heterocycles. The standard InChI is InChI=1S/C15H9BrN2O2S/c16-10-5-3-7-12(13(10)15(19)20)21-14-9-4-1-2-6-11(9)17-8-18-14/h1-8H,(H,19,20). The van der Waals surface area contributed by atoms with E-state index in [1.54, 1.807) is 12.1 Å². The second-order valence-corrected chi connectivity index (χ2v) is 6.10. The number of hydrogen-bond donors (Lipinski definition) is 1. The van der Waals surface area contributed by atoms with Crippen molar-refractivity contribution in [3.05, 3.63) is 58.8 Å². The van der Waals surface area contributed by atoms with Crippen molar-refractivity contribution in [2.24, 2.45) is 0 Å². The minimum atomic E-state index is -0.969. The molecule has 0 unspecified atom stereocenters. The van der Waals surface area contributed by atoms with Crippen LogP contribution in [0.5, 0.6) is 0 Å². The maximum atomic E-state index is 11.4. The molecule has 0 aliphatic carbocycles. The molecule has 1 heterocycles. The molecular formula is C15H9BrN2O2S. The average molecular weight is 361 g/mol. The molecule has 0 fully saturated rings. The van der Waals surface area contributed by atoms with Crippen LogP contribution in [0.15, 0.2) is 63.2 Å². The molecule has 104 valence electrons. The lowest BCUT2D eigenvalue weighted by atomic mass is 10.2. The molecule has 3 rings (SSSR count). The molecule has 21 heavy (non-hydrogen) atoms. The van der Waals surface area contributed by atoms with E-state index in [0.29, 0.717) is 9.37 Å². The first-order valence-corrected chi connectivity index (χ1v) is 7.67. The van der Waals surface area contributed by atoms with Crippen molar-refractivity contribution in [2.75, 3.05) is 0 Å². The summed E-state index contributed by atoms with van der Waals surface area (Å²) in [6.45, 7) is 0. The summed E-state index contributed by atoms with van der Waals surface area (Å²) in [7, 11) is 0. The van der Waals surface area contributed by atoms with Gasteiger partial charge < -0.3 is 5.11 Å². The number of carboxylic acids is 1. The van der Waals surface area contributed by atoms with Crippen LogP contribution in [0.4, 0.5) is 0 Å². The summed E-state index contributed by atoms with van der Waals surface area (Å²) < 4.78 is 0.554. The zero-order valence-corrected chi connectivity index (χ0v) is 13.1. The normalized spacial score (nSPS) is 10.7. The number of halogens is 1. The van der Waals surface area contributed by atoms with Gasteiger partial charge in [0.05, 0.1) is 11.1 Å². The zero-order chi connectivity index (χ0) is 14.8. The van der Waals surface area contributed by atoms with E-state index in [0.717, 1.165) is 15.9 Å². The number of aromatic nitrogens is 2. The van der Waals surface area contributed by atoms with Crippen molar-refractivity contribution in [1.29, 1.82) is 0 Å². The molecule has 0 spiro atoms. The molecule has 0 bridgehead atoms. The fourth-order valence-electron chi connectivity index (χ4n) is 1.96. The lowest BCUT2D eigenvalue weighted by Crippen LogP contribution is -2.00. The average Bonchev–Trinajstić information content (AvgIpc) is 2.47. The van der Waals surface area contributed by atoms with Gasteiger partial charge in [0.25, 0.3) is 0 Å². The van der Waals surface area contributed by atoms with E-state index in [9.17, 15) is 9.90 Å². The van der Waals surface area contributed by atoms with Crippen LogP contribution in [0.2, 0.25) is 0 Å². The van der Waals surface area contributed by atoms with Gasteiger partial charge in [-0.3, -0.25) is 0 Å². The summed E-state index contributed by atoms with van der Waals surface area (Å²) in [5.41, 5.74) is 1.08. The Hall–Kier alpha value is -1.92. The molecule has 0 saturated carbocycles. The molecule has 1 aromatic heterocycles. The third-order valence-electron chi connectivity index (χ3n) is 2.90. The number of aromatic carboxylic acids is 1. The lowest BCUT2D eigenvalue weighted by molar-refractivity contribution is 0.0692. The Kier molecular flexibility index (Phi) is 3.90. The highest BCUT2D eigenvalue weighted by atomic mass is 79.9. The Balaban J connectivity index is 2.12. The molecule has 4 nitrogen and oxygen atoms in total. The van der Waals surface area contributed by atoms with Crippen molar-refractivity contribution >= 4 is 44.6 Å². The minimum absolute atomic E-state index is 0.241. The Bertz CT molecular complexity index is 834. The van der Waals surface area contributed by atoms with Crippen molar-refractivity contribution in [3.63, 3.8) is 0 Å². The Morgan fingerprint density at radius 3 is 2.71 bits per heavy atom. The molecule has 0 radical (unpaired) electrons. The number of nitrogens with zero attached hydrogens (tertiary/aromatic N) is 2. The van der Waals surface area contributed by atoms with E-state index in [1.165, 1.54) is 18.1 Å². The van der Waals surface area contributed by atoms with E-state index in [2.05, 4.69) is 25.9 Å². The monoisotopic (exact) mass is 360 g/mol. The van der Waals surface area contributed by atoms with Crippen molar-refractivity contribution in [1.82, 2.24) is 9.97 Å². The highest BCUT2D eigenvalue weighted by molar-refractivity contribution is 9.10. The molecular weight excluding hydrogens is 352 g/mol. The van der Waals surface area contributed by atoms with Gasteiger partial charge in [-0.05, 0) is 34.1 Å². The van der Waals surface area contributed by atoms with E-state index >= 15 is 0 Å². The van der Waals surface area contributed by atoms with Crippen LogP contribution in [0.1, 0.15) is 10.4 Å². The Labute approximate surface area is 133 Å². The van der Waals surface area contributed by atoms with Crippen LogP contribution >= 0.6 is 27.7 Å². The third-order valence-corrected chi connectivity index (χ3v) is 4.64. The summed E-state index contributed by atoms with van der Waals surface area (Å²) in [6.07, 6.45) is 1.49. The van der Waals surface area contributed by atoms with Crippen molar-refractivity contribution < 1.29 is 9.90 Å². The van der Waals surface area contributed by atoms with E-state index < -0.39 is 5.97 Å². The molecule has 3 aromatic rings. The minimum Gasteiger partial charge on any atom is -0.478 e. The molecule has 1 N–H and O–H groups in total. The Morgan fingerprint density at radius 1 is 1.10 bits per heavy atom. The van der Waals surface area contributed by atoms with Gasteiger partial charge in [0.1, 0.15) is 11.4 Å². The number of carboxylic acid groups (broad SMARTS) is 1. The van der Waals surface area contributed by atoms with Gasteiger partial charge in [0.2, 0.25) is 0 Å². The summed E-state index contributed by atoms with van der Waals surface area (Å²) in [5.74, 6) is -0.969. The number of hydrogen-bond acceptors (Lipinski definition) is 4. The van der Waals surface area contributed by atoms with Gasteiger partial charge in [-0.1, -0.05) is 36.0 Å². The first-order valence-electron chi connectivity index (χ1n) is 6.06. The van der Waals surface area contributed by atoms with Crippen molar-refractivity contribution in [3.8, 4) is 0 Å². The number of rotatable bonds is 3. The second-order valence-electron chi connectivity index (χ2n) is 4.22. The van der Waals surface area contributed by atoms with Crippen LogP contribution in [-0.2, 0) is 0 Å². The fraction of sp³-hybridized carbons (Fsp3) is 0. The maximum Gasteiger partial charge on any atom is 0.338 e. The number of carbonyl (C=O) groups is 1. The molecule has 0 aliphatic rings. The smallest absolute Gasteiger partial charge is 0.338 e. The predicted octanol–water partition coefficient (Wildman–Crippen LogP) is 4.24. The van der Waals surface area contributed by atoms with Crippen LogP contribution < -0.4 is 0 Å². The highest BCUT2D eigenvalue weighted by Gasteiger charge is 2.16. The predicted molar refractivity (Wildman–Crippen MR) is 84.8 cm³/mol. The Morgan fingerprint density at radius 2 is 1.90 bits per heavy atom. The van der Waals surface area contributed by atoms with Gasteiger partial charge in [-0.2, -0.15) is 0 Å². The molecule has 0 saturated heterocycles. The van der Waals surface area contributed by atoms with Gasteiger partial charge >= 0.3 is 5.97 Å². The first kappa shape index (κ1) is 14.0. The van der Waals surface area contributed by atoms with Gasteiger partial charge in [-0.25, -0.2) is 14.8 Å². The third kappa shape index (κ3) is 2.77. The number of para-hydroxylation sites is 1. The number of benzene rings is 2. The molecule has 0 amide bonds. The van der Waals surface area contributed by atoms with Gasteiger partial charge in [0, 0.05) is 14.8 Å². The largest absolute Gasteiger partial charge is 0.478 e. The summed E-state index contributed by atoms with van der Waals surface area (Å²) in [5, 5.41) is 11.0. The van der Waals surface area contributed by atoms with Crippen LogP contribution in [0, 0.1) is 0 Å². The SMILES string of the molecule is O=C(O)c1c(Br)cccc1Sc1ncnc2ccccc12. The van der Waals surface area contributed by atoms with Crippen molar-refractivity contribution in [2.45, 2.75) is 9.92 Å². The van der Waals surface area contributed by atoms with E-state index in [4.69, 9.17) is 0 Å². The van der Waals surface area contributed by atoms with E-state index in [-0.39, 0.29) is 5.56 Å². The summed E-state index contributed by atoms with van der Waals surface area (Å²) in [6, 6.07) is 12.9. The van der Waals surface area contributed by atoms with Gasteiger partial charge in [0.15, 0.2) is 0 Å².